The molecule has 0 spiro atoms. The highest BCUT2D eigenvalue weighted by atomic mass is 16.3. The zero-order valence-corrected chi connectivity index (χ0v) is 10.7. The maximum Gasteiger partial charge on any atom is 0.191 e. The van der Waals surface area contributed by atoms with Crippen molar-refractivity contribution in [3.8, 4) is 0 Å². The number of nitrogens with zero attached hydrogens (tertiary/aromatic N) is 1. The third-order valence-electron chi connectivity index (χ3n) is 3.68. The first-order valence-electron chi connectivity index (χ1n) is 6.31. The summed E-state index contributed by atoms with van der Waals surface area (Å²) < 4.78 is 0. The van der Waals surface area contributed by atoms with Gasteiger partial charge in [-0.15, -0.1) is 0 Å². The lowest BCUT2D eigenvalue weighted by Crippen LogP contribution is -2.43. The van der Waals surface area contributed by atoms with Crippen LogP contribution in [0.1, 0.15) is 40.0 Å². The summed E-state index contributed by atoms with van der Waals surface area (Å²) in [7, 11) is 0. The van der Waals surface area contributed by atoms with Crippen LogP contribution >= 0.6 is 0 Å². The van der Waals surface area contributed by atoms with Crippen molar-refractivity contribution >= 4 is 5.96 Å². The van der Waals surface area contributed by atoms with E-state index in [0.29, 0.717) is 6.04 Å². The molecule has 0 radical (unpaired) electrons. The number of guanidine groups is 1. The van der Waals surface area contributed by atoms with E-state index in [1.807, 2.05) is 0 Å². The first-order valence-corrected chi connectivity index (χ1v) is 6.31. The van der Waals surface area contributed by atoms with E-state index in [9.17, 15) is 0 Å². The molecule has 0 saturated carbocycles. The van der Waals surface area contributed by atoms with E-state index < -0.39 is 0 Å². The van der Waals surface area contributed by atoms with Gasteiger partial charge in [0.25, 0.3) is 0 Å². The zero-order chi connectivity index (χ0) is 12.0. The highest BCUT2D eigenvalue weighted by Gasteiger charge is 2.26. The molecule has 0 aromatic rings. The number of aliphatic hydroxyl groups excluding tert-OH is 1. The van der Waals surface area contributed by atoms with Crippen molar-refractivity contribution < 1.29 is 5.11 Å². The average molecular weight is 227 g/mol. The summed E-state index contributed by atoms with van der Waals surface area (Å²) in [6.45, 7) is 8.51. The van der Waals surface area contributed by atoms with Crippen LogP contribution < -0.4 is 10.6 Å². The minimum Gasteiger partial charge on any atom is -0.396 e. The molecule has 0 aromatic heterocycles. The fourth-order valence-corrected chi connectivity index (χ4v) is 2.11. The van der Waals surface area contributed by atoms with Crippen molar-refractivity contribution in [3.63, 3.8) is 0 Å². The molecule has 3 N–H and O–H groups in total. The summed E-state index contributed by atoms with van der Waals surface area (Å²) in [6, 6.07) is 0.443. The van der Waals surface area contributed by atoms with E-state index in [1.165, 1.54) is 0 Å². The lowest BCUT2D eigenvalue weighted by molar-refractivity contribution is 0.169. The van der Waals surface area contributed by atoms with Crippen LogP contribution in [0.25, 0.3) is 0 Å². The monoisotopic (exact) mass is 227 g/mol. The lowest BCUT2D eigenvalue weighted by Gasteiger charge is -2.31. The highest BCUT2D eigenvalue weighted by molar-refractivity contribution is 5.81. The summed E-state index contributed by atoms with van der Waals surface area (Å²) >= 11 is 0. The van der Waals surface area contributed by atoms with Gasteiger partial charge in [-0.3, -0.25) is 4.99 Å². The second-order valence-corrected chi connectivity index (χ2v) is 4.77. The number of aliphatic imine (C=N–C) groups is 1. The molecule has 0 saturated heterocycles. The molecule has 4 nitrogen and oxygen atoms in total. The van der Waals surface area contributed by atoms with Gasteiger partial charge in [0.2, 0.25) is 0 Å². The Balaban J connectivity index is 2.43. The minimum absolute atomic E-state index is 0.199. The third-order valence-corrected chi connectivity index (χ3v) is 3.68. The van der Waals surface area contributed by atoms with E-state index >= 15 is 0 Å². The van der Waals surface area contributed by atoms with Gasteiger partial charge in [-0.05, 0) is 31.6 Å². The Hall–Kier alpha value is -0.770. The van der Waals surface area contributed by atoms with Crippen LogP contribution in [0.3, 0.4) is 0 Å². The summed E-state index contributed by atoms with van der Waals surface area (Å²) in [5, 5.41) is 15.8. The molecular formula is C12H25N3O. The van der Waals surface area contributed by atoms with Gasteiger partial charge in [-0.1, -0.05) is 13.8 Å². The molecule has 1 unspecified atom stereocenters. The maximum atomic E-state index is 9.12. The van der Waals surface area contributed by atoms with E-state index in [2.05, 4.69) is 36.4 Å². The molecular weight excluding hydrogens is 202 g/mol. The third kappa shape index (κ3) is 3.37. The molecule has 0 bridgehead atoms. The number of hydrogen-bond donors (Lipinski definition) is 3. The Morgan fingerprint density at radius 3 is 2.62 bits per heavy atom. The molecule has 1 aliphatic rings. The van der Waals surface area contributed by atoms with Crippen molar-refractivity contribution in [2.45, 2.75) is 46.1 Å². The normalized spacial score (nSPS) is 20.5. The molecule has 1 heterocycles. The second-order valence-electron chi connectivity index (χ2n) is 4.77. The van der Waals surface area contributed by atoms with Crippen LogP contribution in [0.4, 0.5) is 0 Å². The van der Waals surface area contributed by atoms with Gasteiger partial charge in [0.15, 0.2) is 5.96 Å². The zero-order valence-electron chi connectivity index (χ0n) is 10.7. The molecule has 1 aliphatic heterocycles. The number of rotatable bonds is 6. The molecule has 0 fully saturated rings. The molecule has 1 rings (SSSR count). The van der Waals surface area contributed by atoms with Gasteiger partial charge in [0.1, 0.15) is 0 Å². The van der Waals surface area contributed by atoms with Crippen LogP contribution in [0.5, 0.6) is 0 Å². The minimum atomic E-state index is 0.199. The van der Waals surface area contributed by atoms with Gasteiger partial charge >= 0.3 is 0 Å². The van der Waals surface area contributed by atoms with E-state index in [1.54, 1.807) is 0 Å². The van der Waals surface area contributed by atoms with Gasteiger partial charge in [-0.2, -0.15) is 0 Å². The summed E-state index contributed by atoms with van der Waals surface area (Å²) in [5.74, 6) is 0.914. The predicted molar refractivity (Wildman–Crippen MR) is 67.6 cm³/mol. The first-order chi connectivity index (χ1) is 7.65. The first kappa shape index (κ1) is 13.3. The van der Waals surface area contributed by atoms with Crippen LogP contribution in [0, 0.1) is 5.41 Å². The van der Waals surface area contributed by atoms with Gasteiger partial charge in [-0.25, -0.2) is 0 Å². The van der Waals surface area contributed by atoms with Crippen LogP contribution in [0.15, 0.2) is 4.99 Å². The largest absolute Gasteiger partial charge is 0.396 e. The van der Waals surface area contributed by atoms with Crippen LogP contribution in [0.2, 0.25) is 0 Å². The standard InChI is InChI=1S/C12H25N3O/c1-4-12(5-2,6-7-16)9-14-11-13-8-10(3)15-11/h10,16H,4-9H2,1-3H3,(H2,13,14,15). The average Bonchev–Trinajstić information content (AvgIpc) is 2.71. The summed E-state index contributed by atoms with van der Waals surface area (Å²) in [6.07, 6.45) is 3.02. The smallest absolute Gasteiger partial charge is 0.191 e. The highest BCUT2D eigenvalue weighted by Crippen LogP contribution is 2.29. The Bertz CT molecular complexity index is 236. The molecule has 1 atom stereocenters. The Morgan fingerprint density at radius 1 is 1.50 bits per heavy atom. The molecule has 94 valence electrons. The van der Waals surface area contributed by atoms with E-state index in [4.69, 9.17) is 5.11 Å². The Labute approximate surface area is 98.5 Å². The number of aliphatic hydroxyl groups is 1. The summed E-state index contributed by atoms with van der Waals surface area (Å²) in [4.78, 5) is 4.38. The molecule has 0 aromatic carbocycles. The number of hydrogen-bond acceptors (Lipinski definition) is 4. The second kappa shape index (κ2) is 6.09. The van der Waals surface area contributed by atoms with Crippen molar-refractivity contribution in [2.75, 3.05) is 19.7 Å². The molecule has 0 aliphatic carbocycles. The predicted octanol–water partition coefficient (Wildman–Crippen LogP) is 1.11. The fourth-order valence-electron chi connectivity index (χ4n) is 2.11. The van der Waals surface area contributed by atoms with Crippen molar-refractivity contribution in [1.82, 2.24) is 10.6 Å². The van der Waals surface area contributed by atoms with Crippen molar-refractivity contribution in [3.05, 3.63) is 0 Å². The molecule has 0 amide bonds. The SMILES string of the molecule is CCC(CC)(CCO)CNC1=NCC(C)N1. The van der Waals surface area contributed by atoms with Gasteiger partial charge < -0.3 is 15.7 Å². The van der Waals surface area contributed by atoms with Gasteiger partial charge in [0.05, 0.1) is 6.54 Å². The topological polar surface area (TPSA) is 56.6 Å². The quantitative estimate of drug-likeness (QED) is 0.637. The summed E-state index contributed by atoms with van der Waals surface area (Å²) in [5.41, 5.74) is 0.199. The Kier molecular flexibility index (Phi) is 5.06. The van der Waals surface area contributed by atoms with Crippen molar-refractivity contribution in [2.24, 2.45) is 10.4 Å². The van der Waals surface area contributed by atoms with Gasteiger partial charge in [0, 0.05) is 19.2 Å². The lowest BCUT2D eigenvalue weighted by atomic mass is 9.79. The van der Waals surface area contributed by atoms with Crippen molar-refractivity contribution in [1.29, 1.82) is 0 Å². The van der Waals surface area contributed by atoms with Crippen LogP contribution in [-0.2, 0) is 0 Å². The van der Waals surface area contributed by atoms with E-state index in [-0.39, 0.29) is 12.0 Å². The van der Waals surface area contributed by atoms with E-state index in [0.717, 1.165) is 38.3 Å². The molecule has 4 heteroatoms. The number of nitrogens with one attached hydrogen (secondary N) is 2. The Morgan fingerprint density at radius 2 is 2.19 bits per heavy atom. The van der Waals surface area contributed by atoms with Crippen LogP contribution in [-0.4, -0.2) is 36.8 Å². The fraction of sp³-hybridized carbons (Fsp3) is 0.917. The molecule has 16 heavy (non-hydrogen) atoms. The maximum absolute atomic E-state index is 9.12.